The van der Waals surface area contributed by atoms with Crippen LogP contribution < -0.4 is 5.32 Å². The van der Waals surface area contributed by atoms with Gasteiger partial charge in [0, 0.05) is 19.3 Å². The average Bonchev–Trinajstić information content (AvgIpc) is 2.49. The van der Waals surface area contributed by atoms with E-state index in [1.165, 1.54) is 50.6 Å². The summed E-state index contributed by atoms with van der Waals surface area (Å²) in [5.74, 6) is 0. The summed E-state index contributed by atoms with van der Waals surface area (Å²) in [5, 5.41) is 8.03. The number of aryl methyl sites for hydroxylation is 2. The summed E-state index contributed by atoms with van der Waals surface area (Å²) in [4.78, 5) is 0. The summed E-state index contributed by atoms with van der Waals surface area (Å²) in [7, 11) is 1.98. The minimum absolute atomic E-state index is 0.656. The summed E-state index contributed by atoms with van der Waals surface area (Å²) in [6.07, 6.45) is 11.7. The molecule has 0 aliphatic heterocycles. The van der Waals surface area contributed by atoms with E-state index < -0.39 is 0 Å². The lowest BCUT2D eigenvalue weighted by atomic mass is 9.96. The van der Waals surface area contributed by atoms with Gasteiger partial charge in [-0.2, -0.15) is 5.10 Å². The molecule has 16 heavy (non-hydrogen) atoms. The van der Waals surface area contributed by atoms with E-state index in [2.05, 4.69) is 23.5 Å². The number of hydrogen-bond donors (Lipinski definition) is 1. The van der Waals surface area contributed by atoms with Gasteiger partial charge >= 0.3 is 0 Å². The second kappa shape index (κ2) is 5.37. The van der Waals surface area contributed by atoms with Crippen LogP contribution in [0, 0.1) is 6.92 Å². The topological polar surface area (TPSA) is 29.9 Å². The van der Waals surface area contributed by atoms with Crippen molar-refractivity contribution in [1.82, 2.24) is 9.78 Å². The van der Waals surface area contributed by atoms with E-state index in [-0.39, 0.29) is 0 Å². The largest absolute Gasteiger partial charge is 0.380 e. The first-order valence-corrected chi connectivity index (χ1v) is 6.52. The zero-order chi connectivity index (χ0) is 11.4. The van der Waals surface area contributed by atoms with Gasteiger partial charge in [0.25, 0.3) is 0 Å². The predicted octanol–water partition coefficient (Wildman–Crippen LogP) is 3.25. The van der Waals surface area contributed by atoms with Gasteiger partial charge in [-0.1, -0.05) is 32.1 Å². The molecule has 1 heterocycles. The Kier molecular flexibility index (Phi) is 3.86. The monoisotopic (exact) mass is 221 g/mol. The Morgan fingerprint density at radius 3 is 2.38 bits per heavy atom. The number of hydrogen-bond acceptors (Lipinski definition) is 2. The Morgan fingerprint density at radius 1 is 1.19 bits per heavy atom. The van der Waals surface area contributed by atoms with Crippen LogP contribution in [-0.4, -0.2) is 15.8 Å². The van der Waals surface area contributed by atoms with E-state index in [9.17, 15) is 0 Å². The Hall–Kier alpha value is -0.990. The fraction of sp³-hybridized carbons (Fsp3) is 0.769. The standard InChI is InChI=1S/C13H23N3/c1-11-13(10-16(2)15-11)14-12-8-6-4-3-5-7-9-12/h10,12,14H,3-9H2,1-2H3. The number of aromatic nitrogens is 2. The molecule has 2 rings (SSSR count). The third kappa shape index (κ3) is 3.00. The molecule has 1 aromatic rings. The fourth-order valence-corrected chi connectivity index (χ4v) is 2.56. The molecule has 0 atom stereocenters. The molecule has 0 aromatic carbocycles. The second-order valence-electron chi connectivity index (χ2n) is 4.99. The molecule has 1 aliphatic rings. The molecule has 1 aliphatic carbocycles. The molecule has 3 heteroatoms. The van der Waals surface area contributed by atoms with Crippen molar-refractivity contribution in [1.29, 1.82) is 0 Å². The first kappa shape index (κ1) is 11.5. The van der Waals surface area contributed by atoms with Crippen LogP contribution in [0.15, 0.2) is 6.20 Å². The Labute approximate surface area is 98.2 Å². The summed E-state index contributed by atoms with van der Waals surface area (Å²) in [5.41, 5.74) is 2.33. The number of anilines is 1. The lowest BCUT2D eigenvalue weighted by molar-refractivity contribution is 0.471. The van der Waals surface area contributed by atoms with Crippen molar-refractivity contribution in [2.75, 3.05) is 5.32 Å². The fourth-order valence-electron chi connectivity index (χ4n) is 2.56. The van der Waals surface area contributed by atoms with Gasteiger partial charge in [0.2, 0.25) is 0 Å². The molecule has 3 nitrogen and oxygen atoms in total. The summed E-state index contributed by atoms with van der Waals surface area (Å²) < 4.78 is 1.89. The molecule has 1 aromatic heterocycles. The SMILES string of the molecule is Cc1nn(C)cc1NC1CCCCCCC1. The normalized spacial score (nSPS) is 19.1. The highest BCUT2D eigenvalue weighted by atomic mass is 15.3. The Bertz CT molecular complexity index is 322. The molecule has 1 saturated carbocycles. The van der Waals surface area contributed by atoms with Crippen LogP contribution >= 0.6 is 0 Å². The first-order valence-electron chi connectivity index (χ1n) is 6.52. The molecule has 0 saturated heterocycles. The summed E-state index contributed by atoms with van der Waals surface area (Å²) >= 11 is 0. The molecule has 90 valence electrons. The van der Waals surface area contributed by atoms with Crippen LogP contribution in [-0.2, 0) is 7.05 Å². The molecule has 0 unspecified atom stereocenters. The van der Waals surface area contributed by atoms with Crippen molar-refractivity contribution in [3.8, 4) is 0 Å². The average molecular weight is 221 g/mol. The van der Waals surface area contributed by atoms with Crippen LogP contribution in [0.2, 0.25) is 0 Å². The Morgan fingerprint density at radius 2 is 1.81 bits per heavy atom. The highest BCUT2D eigenvalue weighted by Crippen LogP contribution is 2.21. The molecular weight excluding hydrogens is 198 g/mol. The van der Waals surface area contributed by atoms with Crippen molar-refractivity contribution in [3.63, 3.8) is 0 Å². The van der Waals surface area contributed by atoms with Gasteiger partial charge in [-0.15, -0.1) is 0 Å². The maximum absolute atomic E-state index is 4.37. The molecule has 1 N–H and O–H groups in total. The van der Waals surface area contributed by atoms with E-state index in [0.717, 1.165) is 5.69 Å². The maximum Gasteiger partial charge on any atom is 0.0825 e. The van der Waals surface area contributed by atoms with Crippen LogP contribution in [0.4, 0.5) is 5.69 Å². The summed E-state index contributed by atoms with van der Waals surface area (Å²) in [6.45, 7) is 2.07. The highest BCUT2D eigenvalue weighted by molar-refractivity contribution is 5.46. The molecule has 0 spiro atoms. The predicted molar refractivity (Wildman–Crippen MR) is 67.7 cm³/mol. The van der Waals surface area contributed by atoms with E-state index in [4.69, 9.17) is 0 Å². The van der Waals surface area contributed by atoms with Crippen molar-refractivity contribution in [2.24, 2.45) is 7.05 Å². The summed E-state index contributed by atoms with van der Waals surface area (Å²) in [6, 6.07) is 0.656. The van der Waals surface area contributed by atoms with E-state index in [0.29, 0.717) is 6.04 Å². The number of nitrogens with one attached hydrogen (secondary N) is 1. The quantitative estimate of drug-likeness (QED) is 0.830. The second-order valence-corrected chi connectivity index (χ2v) is 4.99. The van der Waals surface area contributed by atoms with E-state index >= 15 is 0 Å². The smallest absolute Gasteiger partial charge is 0.0825 e. The zero-order valence-corrected chi connectivity index (χ0v) is 10.5. The zero-order valence-electron chi connectivity index (χ0n) is 10.5. The lowest BCUT2D eigenvalue weighted by Gasteiger charge is -2.21. The van der Waals surface area contributed by atoms with Crippen molar-refractivity contribution in [2.45, 2.75) is 57.9 Å². The van der Waals surface area contributed by atoms with Crippen molar-refractivity contribution >= 4 is 5.69 Å². The van der Waals surface area contributed by atoms with Crippen LogP contribution in [0.5, 0.6) is 0 Å². The van der Waals surface area contributed by atoms with Crippen molar-refractivity contribution in [3.05, 3.63) is 11.9 Å². The maximum atomic E-state index is 4.37. The molecule has 0 radical (unpaired) electrons. The lowest BCUT2D eigenvalue weighted by Crippen LogP contribution is -2.20. The van der Waals surface area contributed by atoms with Gasteiger partial charge in [-0.25, -0.2) is 0 Å². The minimum atomic E-state index is 0.656. The molecular formula is C13H23N3. The van der Waals surface area contributed by atoms with Crippen molar-refractivity contribution < 1.29 is 0 Å². The minimum Gasteiger partial charge on any atom is -0.380 e. The molecule has 0 amide bonds. The van der Waals surface area contributed by atoms with Gasteiger partial charge < -0.3 is 5.32 Å². The van der Waals surface area contributed by atoms with Gasteiger partial charge in [0.15, 0.2) is 0 Å². The highest BCUT2D eigenvalue weighted by Gasteiger charge is 2.13. The van der Waals surface area contributed by atoms with Gasteiger partial charge in [-0.05, 0) is 19.8 Å². The van der Waals surface area contributed by atoms with E-state index in [1.807, 2.05) is 11.7 Å². The Balaban J connectivity index is 1.94. The van der Waals surface area contributed by atoms with Crippen LogP contribution in [0.1, 0.15) is 50.6 Å². The molecule has 0 bridgehead atoms. The van der Waals surface area contributed by atoms with Gasteiger partial charge in [0.05, 0.1) is 11.4 Å². The number of nitrogens with zero attached hydrogens (tertiary/aromatic N) is 2. The van der Waals surface area contributed by atoms with Gasteiger partial charge in [-0.3, -0.25) is 4.68 Å². The third-order valence-corrected chi connectivity index (χ3v) is 3.48. The van der Waals surface area contributed by atoms with Crippen LogP contribution in [0.25, 0.3) is 0 Å². The molecule has 1 fully saturated rings. The van der Waals surface area contributed by atoms with Crippen LogP contribution in [0.3, 0.4) is 0 Å². The third-order valence-electron chi connectivity index (χ3n) is 3.48. The number of rotatable bonds is 2. The first-order chi connectivity index (χ1) is 7.75. The van der Waals surface area contributed by atoms with E-state index in [1.54, 1.807) is 0 Å². The van der Waals surface area contributed by atoms with Gasteiger partial charge in [0.1, 0.15) is 0 Å².